The van der Waals surface area contributed by atoms with Gasteiger partial charge in [0.2, 0.25) is 5.96 Å². The third-order valence-electron chi connectivity index (χ3n) is 2.84. The van der Waals surface area contributed by atoms with Gasteiger partial charge in [-0.15, -0.1) is 0 Å². The number of hydrogen-bond donors (Lipinski definition) is 4. The minimum atomic E-state index is -1.03. The number of guanidine groups is 1. The normalized spacial score (nSPS) is 9.74. The highest BCUT2D eigenvalue weighted by Crippen LogP contribution is 2.09. The lowest BCUT2D eigenvalue weighted by atomic mass is 10.2. The number of rotatable bonds is 4. The summed E-state index contributed by atoms with van der Waals surface area (Å²) in [6, 6.07) is 14.9. The molecule has 0 bridgehead atoms. The summed E-state index contributed by atoms with van der Waals surface area (Å²) in [5.74, 6) is -1.31. The first-order valence-electron chi connectivity index (χ1n) is 6.71. The van der Waals surface area contributed by atoms with Crippen LogP contribution < -0.4 is 10.6 Å². The SMILES string of the molecule is N=C(NC(=O)OCc1ccccc1)Nc1ccc(C(=O)O)cc1. The Balaban J connectivity index is 1.79. The van der Waals surface area contributed by atoms with Gasteiger partial charge in [-0.25, -0.2) is 9.59 Å². The van der Waals surface area contributed by atoms with Gasteiger partial charge in [0, 0.05) is 5.69 Å². The molecule has 0 aliphatic heterocycles. The van der Waals surface area contributed by atoms with Crippen LogP contribution in [0.25, 0.3) is 0 Å². The van der Waals surface area contributed by atoms with Gasteiger partial charge in [-0.1, -0.05) is 30.3 Å². The molecule has 0 aliphatic rings. The molecule has 0 saturated heterocycles. The van der Waals surface area contributed by atoms with Crippen LogP contribution in [0.15, 0.2) is 54.6 Å². The molecule has 0 aromatic heterocycles. The molecule has 2 aromatic carbocycles. The van der Waals surface area contributed by atoms with E-state index in [1.807, 2.05) is 30.3 Å². The highest BCUT2D eigenvalue weighted by molar-refractivity contribution is 6.00. The summed E-state index contributed by atoms with van der Waals surface area (Å²) >= 11 is 0. The number of alkyl carbamates (subject to hydrolysis) is 1. The van der Waals surface area contributed by atoms with E-state index in [2.05, 4.69) is 10.6 Å². The highest BCUT2D eigenvalue weighted by atomic mass is 16.5. The van der Waals surface area contributed by atoms with Crippen molar-refractivity contribution >= 4 is 23.7 Å². The third-order valence-corrected chi connectivity index (χ3v) is 2.84. The zero-order chi connectivity index (χ0) is 16.7. The molecule has 4 N–H and O–H groups in total. The fraction of sp³-hybridized carbons (Fsp3) is 0.0625. The summed E-state index contributed by atoms with van der Waals surface area (Å²) in [6.45, 7) is 0.104. The molecular weight excluding hydrogens is 298 g/mol. The number of carboxylic acid groups (broad SMARTS) is 1. The van der Waals surface area contributed by atoms with Crippen molar-refractivity contribution in [2.75, 3.05) is 5.32 Å². The molecule has 0 spiro atoms. The molecule has 2 aromatic rings. The van der Waals surface area contributed by atoms with Crippen LogP contribution in [-0.4, -0.2) is 23.1 Å². The van der Waals surface area contributed by atoms with Crippen molar-refractivity contribution in [3.63, 3.8) is 0 Å². The number of anilines is 1. The topological polar surface area (TPSA) is 112 Å². The second-order valence-electron chi connectivity index (χ2n) is 4.57. The predicted octanol–water partition coefficient (Wildman–Crippen LogP) is 2.66. The molecule has 0 atom stereocenters. The van der Waals surface area contributed by atoms with Crippen molar-refractivity contribution in [2.45, 2.75) is 6.61 Å². The third kappa shape index (κ3) is 5.16. The van der Waals surface area contributed by atoms with Crippen LogP contribution in [-0.2, 0) is 11.3 Å². The van der Waals surface area contributed by atoms with Gasteiger partial charge in [0.25, 0.3) is 0 Å². The van der Waals surface area contributed by atoms with Crippen LogP contribution in [0.3, 0.4) is 0 Å². The Morgan fingerprint density at radius 2 is 1.70 bits per heavy atom. The Kier molecular flexibility index (Phi) is 5.30. The predicted molar refractivity (Wildman–Crippen MR) is 84.5 cm³/mol. The van der Waals surface area contributed by atoms with Crippen molar-refractivity contribution < 1.29 is 19.4 Å². The maximum absolute atomic E-state index is 11.6. The molecule has 0 heterocycles. The standard InChI is InChI=1S/C16H15N3O4/c17-15(18-13-8-6-12(7-9-13)14(20)21)19-16(22)23-10-11-4-2-1-3-5-11/h1-9H,10H2,(H,20,21)(H3,17,18,19,22). The zero-order valence-corrected chi connectivity index (χ0v) is 12.1. The Labute approximate surface area is 132 Å². The first-order chi connectivity index (χ1) is 11.0. The molecule has 1 amide bonds. The second kappa shape index (κ2) is 7.60. The molecule has 0 saturated carbocycles. The number of carboxylic acids is 1. The molecule has 23 heavy (non-hydrogen) atoms. The highest BCUT2D eigenvalue weighted by Gasteiger charge is 2.07. The van der Waals surface area contributed by atoms with E-state index in [0.29, 0.717) is 5.69 Å². The summed E-state index contributed by atoms with van der Waals surface area (Å²) in [4.78, 5) is 22.3. The fourth-order valence-corrected chi connectivity index (χ4v) is 1.73. The van der Waals surface area contributed by atoms with Gasteiger partial charge < -0.3 is 15.2 Å². The summed E-state index contributed by atoms with van der Waals surface area (Å²) in [6.07, 6.45) is -0.756. The van der Waals surface area contributed by atoms with E-state index in [0.717, 1.165) is 5.56 Å². The molecule has 0 unspecified atom stereocenters. The van der Waals surface area contributed by atoms with Crippen LogP contribution in [0, 0.1) is 5.41 Å². The Morgan fingerprint density at radius 1 is 1.04 bits per heavy atom. The van der Waals surface area contributed by atoms with Crippen LogP contribution in [0.4, 0.5) is 10.5 Å². The zero-order valence-electron chi connectivity index (χ0n) is 12.1. The first-order valence-corrected chi connectivity index (χ1v) is 6.71. The number of carbonyl (C=O) groups is 2. The van der Waals surface area contributed by atoms with Gasteiger partial charge in [0.15, 0.2) is 0 Å². The summed E-state index contributed by atoms with van der Waals surface area (Å²) in [5.41, 5.74) is 1.45. The van der Waals surface area contributed by atoms with Gasteiger partial charge in [-0.2, -0.15) is 0 Å². The first kappa shape index (κ1) is 16.0. The maximum atomic E-state index is 11.6. The van der Waals surface area contributed by atoms with Gasteiger partial charge in [0.05, 0.1) is 5.56 Å². The average Bonchev–Trinajstić information content (AvgIpc) is 2.54. The lowest BCUT2D eigenvalue weighted by molar-refractivity contribution is 0.0697. The Bertz CT molecular complexity index is 699. The molecule has 7 nitrogen and oxygen atoms in total. The summed E-state index contributed by atoms with van der Waals surface area (Å²) in [7, 11) is 0. The molecule has 2 rings (SSSR count). The number of amides is 1. The second-order valence-corrected chi connectivity index (χ2v) is 4.57. The molecule has 0 fully saturated rings. The summed E-state index contributed by atoms with van der Waals surface area (Å²) < 4.78 is 4.98. The Hall–Kier alpha value is -3.35. The van der Waals surface area contributed by atoms with Crippen molar-refractivity contribution in [1.82, 2.24) is 5.32 Å². The van der Waals surface area contributed by atoms with Gasteiger partial charge in [-0.05, 0) is 29.8 Å². The number of carbonyl (C=O) groups excluding carboxylic acids is 1. The van der Waals surface area contributed by atoms with E-state index in [4.69, 9.17) is 15.3 Å². The minimum Gasteiger partial charge on any atom is -0.478 e. The smallest absolute Gasteiger partial charge is 0.414 e. The van der Waals surface area contributed by atoms with E-state index in [9.17, 15) is 9.59 Å². The molecule has 118 valence electrons. The van der Waals surface area contributed by atoms with Crippen molar-refractivity contribution in [1.29, 1.82) is 5.41 Å². The lowest BCUT2D eigenvalue weighted by Gasteiger charge is -2.10. The van der Waals surface area contributed by atoms with E-state index in [1.165, 1.54) is 24.3 Å². The average molecular weight is 313 g/mol. The number of aromatic carboxylic acids is 1. The molecule has 7 heteroatoms. The van der Waals surface area contributed by atoms with Crippen LogP contribution in [0.2, 0.25) is 0 Å². The molecule has 0 aliphatic carbocycles. The van der Waals surface area contributed by atoms with E-state index >= 15 is 0 Å². The number of ether oxygens (including phenoxy) is 1. The number of hydrogen-bond acceptors (Lipinski definition) is 4. The monoisotopic (exact) mass is 313 g/mol. The lowest BCUT2D eigenvalue weighted by Crippen LogP contribution is -2.35. The molecule has 0 radical (unpaired) electrons. The number of nitrogens with one attached hydrogen (secondary N) is 3. The largest absolute Gasteiger partial charge is 0.478 e. The van der Waals surface area contributed by atoms with Crippen molar-refractivity contribution in [2.24, 2.45) is 0 Å². The quantitative estimate of drug-likeness (QED) is 0.512. The van der Waals surface area contributed by atoms with E-state index < -0.39 is 12.1 Å². The minimum absolute atomic E-state index is 0.104. The molecular formula is C16H15N3O4. The van der Waals surface area contributed by atoms with Crippen LogP contribution in [0.1, 0.15) is 15.9 Å². The van der Waals surface area contributed by atoms with E-state index in [1.54, 1.807) is 0 Å². The number of benzene rings is 2. The van der Waals surface area contributed by atoms with Crippen LogP contribution in [0.5, 0.6) is 0 Å². The van der Waals surface area contributed by atoms with E-state index in [-0.39, 0.29) is 18.1 Å². The van der Waals surface area contributed by atoms with Crippen molar-refractivity contribution in [3.8, 4) is 0 Å². The fourth-order valence-electron chi connectivity index (χ4n) is 1.73. The maximum Gasteiger partial charge on any atom is 0.414 e. The van der Waals surface area contributed by atoms with Crippen molar-refractivity contribution in [3.05, 3.63) is 65.7 Å². The van der Waals surface area contributed by atoms with Gasteiger partial charge >= 0.3 is 12.1 Å². The summed E-state index contributed by atoms with van der Waals surface area (Å²) in [5, 5.41) is 21.3. The van der Waals surface area contributed by atoms with Crippen LogP contribution >= 0.6 is 0 Å². The van der Waals surface area contributed by atoms with Gasteiger partial charge in [-0.3, -0.25) is 10.7 Å². The van der Waals surface area contributed by atoms with Gasteiger partial charge in [0.1, 0.15) is 6.61 Å². The Morgan fingerprint density at radius 3 is 2.30 bits per heavy atom.